The monoisotopic (exact) mass is 278 g/mol. The molecule has 0 aromatic rings. The highest BCUT2D eigenvalue weighted by molar-refractivity contribution is 7.85. The van der Waals surface area contributed by atoms with Gasteiger partial charge in [0.25, 0.3) is 10.1 Å². The van der Waals surface area contributed by atoms with Crippen LogP contribution in [0.2, 0.25) is 0 Å². The molecule has 0 aliphatic heterocycles. The summed E-state index contributed by atoms with van der Waals surface area (Å²) in [5.74, 6) is -2.06. The standard InChI is InChI=1S/C9H10O4.CH4O3S/c1-9(8(12)13)4-2-3-6(5-9)7(10)11;1-5(2,3)4/h2-4H,5H2,1H3,(H,10,11)(H,12,13);1H3,(H,2,3,4). The lowest BCUT2D eigenvalue weighted by atomic mass is 9.80. The van der Waals surface area contributed by atoms with Gasteiger partial charge < -0.3 is 10.2 Å². The number of hydrogen-bond acceptors (Lipinski definition) is 4. The molecule has 3 N–H and O–H groups in total. The molecule has 102 valence electrons. The van der Waals surface area contributed by atoms with Crippen molar-refractivity contribution in [1.82, 2.24) is 0 Å². The van der Waals surface area contributed by atoms with Gasteiger partial charge in [-0.3, -0.25) is 9.35 Å². The highest BCUT2D eigenvalue weighted by Gasteiger charge is 2.34. The molecule has 0 aromatic heterocycles. The summed E-state index contributed by atoms with van der Waals surface area (Å²) in [5, 5.41) is 17.5. The number of carboxylic acid groups (broad SMARTS) is 2. The number of carboxylic acids is 2. The molecule has 0 amide bonds. The van der Waals surface area contributed by atoms with Crippen molar-refractivity contribution in [3.05, 3.63) is 23.8 Å². The number of hydrogen-bond donors (Lipinski definition) is 3. The fourth-order valence-electron chi connectivity index (χ4n) is 1.18. The molecule has 1 unspecified atom stereocenters. The van der Waals surface area contributed by atoms with Gasteiger partial charge in [0.2, 0.25) is 0 Å². The van der Waals surface area contributed by atoms with E-state index in [9.17, 15) is 18.0 Å². The van der Waals surface area contributed by atoms with E-state index < -0.39 is 27.5 Å². The van der Waals surface area contributed by atoms with E-state index in [0.717, 1.165) is 0 Å². The van der Waals surface area contributed by atoms with Crippen molar-refractivity contribution in [3.8, 4) is 0 Å². The zero-order valence-corrected chi connectivity index (χ0v) is 10.6. The van der Waals surface area contributed by atoms with Gasteiger partial charge in [-0.2, -0.15) is 8.42 Å². The van der Waals surface area contributed by atoms with Crippen molar-refractivity contribution < 1.29 is 32.8 Å². The second-order valence-electron chi connectivity index (χ2n) is 3.99. The van der Waals surface area contributed by atoms with Crippen LogP contribution < -0.4 is 0 Å². The van der Waals surface area contributed by atoms with Gasteiger partial charge in [0.05, 0.1) is 11.7 Å². The van der Waals surface area contributed by atoms with Gasteiger partial charge in [0.1, 0.15) is 0 Å². The number of rotatable bonds is 2. The molecule has 1 aliphatic rings. The van der Waals surface area contributed by atoms with Crippen molar-refractivity contribution >= 4 is 22.1 Å². The second-order valence-corrected chi connectivity index (χ2v) is 5.45. The Balaban J connectivity index is 0.000000494. The van der Waals surface area contributed by atoms with Gasteiger partial charge in [0.15, 0.2) is 0 Å². The topological polar surface area (TPSA) is 129 Å². The SMILES string of the molecule is CC1(C(=O)O)C=CC=C(C(=O)O)C1.CS(=O)(=O)O. The summed E-state index contributed by atoms with van der Waals surface area (Å²) < 4.78 is 25.9. The zero-order chi connectivity index (χ0) is 14.6. The van der Waals surface area contributed by atoms with Gasteiger partial charge >= 0.3 is 11.9 Å². The molecule has 1 aliphatic carbocycles. The van der Waals surface area contributed by atoms with Crippen LogP contribution in [0, 0.1) is 5.41 Å². The second kappa shape index (κ2) is 5.78. The molecule has 7 nitrogen and oxygen atoms in total. The van der Waals surface area contributed by atoms with Crippen molar-refractivity contribution in [2.75, 3.05) is 6.26 Å². The normalized spacial score (nSPS) is 22.5. The first-order valence-corrected chi connectivity index (χ1v) is 6.58. The number of carbonyl (C=O) groups is 2. The summed E-state index contributed by atoms with van der Waals surface area (Å²) in [5.41, 5.74) is -0.949. The third-order valence-corrected chi connectivity index (χ3v) is 2.08. The number of aliphatic carboxylic acids is 2. The summed E-state index contributed by atoms with van der Waals surface area (Å²) in [6.07, 6.45) is 5.15. The van der Waals surface area contributed by atoms with E-state index in [1.807, 2.05) is 0 Å². The van der Waals surface area contributed by atoms with Gasteiger partial charge in [0, 0.05) is 5.57 Å². The Bertz CT molecular complexity index is 492. The summed E-state index contributed by atoms with van der Waals surface area (Å²) in [7, 11) is -3.67. The summed E-state index contributed by atoms with van der Waals surface area (Å²) >= 11 is 0. The molecule has 0 aromatic carbocycles. The molecule has 0 saturated carbocycles. The highest BCUT2D eigenvalue weighted by Crippen LogP contribution is 2.31. The van der Waals surface area contributed by atoms with E-state index in [2.05, 4.69) is 0 Å². The Labute approximate surface area is 104 Å². The molecule has 8 heteroatoms. The van der Waals surface area contributed by atoms with Crippen molar-refractivity contribution in [1.29, 1.82) is 0 Å². The Morgan fingerprint density at radius 2 is 1.78 bits per heavy atom. The van der Waals surface area contributed by atoms with Crippen LogP contribution in [0.5, 0.6) is 0 Å². The maximum Gasteiger partial charge on any atom is 0.331 e. The largest absolute Gasteiger partial charge is 0.481 e. The average Bonchev–Trinajstić information content (AvgIpc) is 2.14. The molecule has 0 spiro atoms. The molecule has 18 heavy (non-hydrogen) atoms. The van der Waals surface area contributed by atoms with Crippen molar-refractivity contribution in [3.63, 3.8) is 0 Å². The first-order valence-electron chi connectivity index (χ1n) is 4.73. The minimum Gasteiger partial charge on any atom is -0.481 e. The summed E-state index contributed by atoms with van der Waals surface area (Å²) in [6, 6.07) is 0. The third-order valence-electron chi connectivity index (χ3n) is 2.08. The van der Waals surface area contributed by atoms with Crippen molar-refractivity contribution in [2.24, 2.45) is 5.41 Å². The van der Waals surface area contributed by atoms with Crippen LogP contribution in [0.4, 0.5) is 0 Å². The molecular weight excluding hydrogens is 264 g/mol. The maximum absolute atomic E-state index is 10.8. The van der Waals surface area contributed by atoms with E-state index in [-0.39, 0.29) is 12.0 Å². The van der Waals surface area contributed by atoms with Crippen molar-refractivity contribution in [2.45, 2.75) is 13.3 Å². The van der Waals surface area contributed by atoms with Crippen LogP contribution >= 0.6 is 0 Å². The minimum absolute atomic E-state index is 0.0359. The van der Waals surface area contributed by atoms with Gasteiger partial charge in [-0.1, -0.05) is 18.2 Å². The Hall–Kier alpha value is -1.67. The van der Waals surface area contributed by atoms with Gasteiger partial charge in [-0.25, -0.2) is 4.79 Å². The Morgan fingerprint density at radius 1 is 1.33 bits per heavy atom. The molecule has 0 heterocycles. The summed E-state index contributed by atoms with van der Waals surface area (Å²) in [6.45, 7) is 1.50. The lowest BCUT2D eigenvalue weighted by Gasteiger charge is -2.23. The molecular formula is C10H14O7S. The predicted molar refractivity (Wildman–Crippen MR) is 62.7 cm³/mol. The predicted octanol–water partition coefficient (Wildman–Crippen LogP) is 0.552. The fourth-order valence-corrected chi connectivity index (χ4v) is 1.18. The molecule has 0 radical (unpaired) electrons. The average molecular weight is 278 g/mol. The minimum atomic E-state index is -3.67. The van der Waals surface area contributed by atoms with Gasteiger partial charge in [-0.05, 0) is 13.3 Å². The molecule has 1 atom stereocenters. The molecule has 0 saturated heterocycles. The van der Waals surface area contributed by atoms with Gasteiger partial charge in [-0.15, -0.1) is 0 Å². The maximum atomic E-state index is 10.8. The van der Waals surface area contributed by atoms with Crippen LogP contribution in [-0.4, -0.2) is 41.4 Å². The lowest BCUT2D eigenvalue weighted by molar-refractivity contribution is -0.145. The van der Waals surface area contributed by atoms with E-state index in [0.29, 0.717) is 6.26 Å². The Kier molecular flexibility index (Phi) is 5.25. The molecule has 0 fully saturated rings. The lowest BCUT2D eigenvalue weighted by Crippen LogP contribution is -2.28. The van der Waals surface area contributed by atoms with Crippen LogP contribution in [0.1, 0.15) is 13.3 Å². The smallest absolute Gasteiger partial charge is 0.331 e. The number of allylic oxidation sites excluding steroid dienone is 2. The van der Waals surface area contributed by atoms with E-state index in [4.69, 9.17) is 14.8 Å². The van der Waals surface area contributed by atoms with E-state index in [1.54, 1.807) is 0 Å². The van der Waals surface area contributed by atoms with Crippen LogP contribution in [-0.2, 0) is 19.7 Å². The first-order chi connectivity index (χ1) is 7.96. The zero-order valence-electron chi connectivity index (χ0n) is 9.82. The quantitative estimate of drug-likeness (QED) is 0.629. The summed E-state index contributed by atoms with van der Waals surface area (Å²) in [4.78, 5) is 21.3. The van der Waals surface area contributed by atoms with Crippen LogP contribution in [0.3, 0.4) is 0 Å². The van der Waals surface area contributed by atoms with E-state index in [1.165, 1.54) is 25.2 Å². The first kappa shape index (κ1) is 16.3. The molecule has 1 rings (SSSR count). The third kappa shape index (κ3) is 6.16. The molecule has 0 bridgehead atoms. The Morgan fingerprint density at radius 3 is 2.11 bits per heavy atom. The van der Waals surface area contributed by atoms with Crippen LogP contribution in [0.25, 0.3) is 0 Å². The van der Waals surface area contributed by atoms with Crippen LogP contribution in [0.15, 0.2) is 23.8 Å². The highest BCUT2D eigenvalue weighted by atomic mass is 32.2. The van der Waals surface area contributed by atoms with E-state index >= 15 is 0 Å². The fraction of sp³-hybridized carbons (Fsp3) is 0.400.